The standard InChI is InChI=1S/C17H11BrF4N2O2/c18-12-3-1-2-11(8-12)14-9-16(26,17(20,21)22)24(23-14)15(25)10-4-6-13(19)7-5-10/h1-8,26H,9H2/t16-/m0/s1. The number of hydrazone groups is 1. The van der Waals surface area contributed by atoms with Crippen LogP contribution < -0.4 is 0 Å². The summed E-state index contributed by atoms with van der Waals surface area (Å²) in [6.07, 6.45) is -6.06. The first-order valence-corrected chi connectivity index (χ1v) is 8.14. The molecule has 0 unspecified atom stereocenters. The van der Waals surface area contributed by atoms with Crippen LogP contribution in [0.25, 0.3) is 0 Å². The number of halogens is 5. The molecule has 2 aromatic carbocycles. The van der Waals surface area contributed by atoms with Crippen LogP contribution >= 0.6 is 15.9 Å². The zero-order valence-corrected chi connectivity index (χ0v) is 14.6. The van der Waals surface area contributed by atoms with Gasteiger partial charge in [0.15, 0.2) is 0 Å². The topological polar surface area (TPSA) is 52.9 Å². The predicted octanol–water partition coefficient (Wildman–Crippen LogP) is 4.09. The number of hydrogen-bond donors (Lipinski definition) is 1. The van der Waals surface area contributed by atoms with E-state index in [1.807, 2.05) is 0 Å². The van der Waals surface area contributed by atoms with Crippen LogP contribution in [-0.4, -0.2) is 33.6 Å². The summed E-state index contributed by atoms with van der Waals surface area (Å²) in [7, 11) is 0. The molecule has 0 aromatic heterocycles. The minimum Gasteiger partial charge on any atom is -0.362 e. The summed E-state index contributed by atoms with van der Waals surface area (Å²) in [5.74, 6) is -1.83. The largest absolute Gasteiger partial charge is 0.438 e. The number of aliphatic hydroxyl groups is 1. The van der Waals surface area contributed by atoms with Crippen molar-refractivity contribution in [1.29, 1.82) is 0 Å². The number of carbonyl (C=O) groups is 1. The Bertz CT molecular complexity index is 883. The summed E-state index contributed by atoms with van der Waals surface area (Å²) in [6, 6.07) is 10.3. The highest BCUT2D eigenvalue weighted by Crippen LogP contribution is 2.42. The van der Waals surface area contributed by atoms with Gasteiger partial charge in [-0.3, -0.25) is 4.79 Å². The van der Waals surface area contributed by atoms with Gasteiger partial charge in [-0.15, -0.1) is 0 Å². The molecule has 0 saturated heterocycles. The van der Waals surface area contributed by atoms with Crippen molar-refractivity contribution in [3.05, 3.63) is 69.9 Å². The molecule has 1 amide bonds. The van der Waals surface area contributed by atoms with Crippen molar-refractivity contribution in [1.82, 2.24) is 5.01 Å². The van der Waals surface area contributed by atoms with E-state index in [1.165, 1.54) is 12.1 Å². The molecule has 136 valence electrons. The summed E-state index contributed by atoms with van der Waals surface area (Å²) in [5.41, 5.74) is -3.48. The fraction of sp³-hybridized carbons (Fsp3) is 0.176. The second-order valence-electron chi connectivity index (χ2n) is 5.67. The van der Waals surface area contributed by atoms with Crippen LogP contribution in [0.1, 0.15) is 22.3 Å². The lowest BCUT2D eigenvalue weighted by Gasteiger charge is -2.32. The second kappa shape index (κ2) is 6.48. The van der Waals surface area contributed by atoms with Crippen LogP contribution in [0, 0.1) is 5.82 Å². The lowest BCUT2D eigenvalue weighted by atomic mass is 10.0. The highest BCUT2D eigenvalue weighted by molar-refractivity contribution is 9.10. The lowest BCUT2D eigenvalue weighted by molar-refractivity contribution is -0.297. The number of nitrogens with zero attached hydrogens (tertiary/aromatic N) is 2. The van der Waals surface area contributed by atoms with Crippen molar-refractivity contribution in [3.63, 3.8) is 0 Å². The summed E-state index contributed by atoms with van der Waals surface area (Å²) < 4.78 is 54.2. The summed E-state index contributed by atoms with van der Waals surface area (Å²) >= 11 is 3.21. The molecule has 0 bridgehead atoms. The predicted molar refractivity (Wildman–Crippen MR) is 88.9 cm³/mol. The fourth-order valence-corrected chi connectivity index (χ4v) is 2.92. The van der Waals surface area contributed by atoms with Gasteiger partial charge in [0.05, 0.1) is 12.1 Å². The average molecular weight is 431 g/mol. The zero-order valence-electron chi connectivity index (χ0n) is 13.0. The van der Waals surface area contributed by atoms with Gasteiger partial charge >= 0.3 is 6.18 Å². The number of rotatable bonds is 2. The molecule has 26 heavy (non-hydrogen) atoms. The van der Waals surface area contributed by atoms with E-state index in [4.69, 9.17) is 0 Å². The van der Waals surface area contributed by atoms with Crippen molar-refractivity contribution in [2.45, 2.75) is 18.3 Å². The molecule has 1 N–H and O–H groups in total. The molecule has 0 radical (unpaired) electrons. The van der Waals surface area contributed by atoms with Crippen molar-refractivity contribution in [3.8, 4) is 0 Å². The average Bonchev–Trinajstić information content (AvgIpc) is 2.94. The first-order chi connectivity index (χ1) is 12.1. The summed E-state index contributed by atoms with van der Waals surface area (Å²) in [5, 5.41) is 14.0. The van der Waals surface area contributed by atoms with E-state index in [0.29, 0.717) is 10.0 Å². The van der Waals surface area contributed by atoms with E-state index in [9.17, 15) is 27.5 Å². The summed E-state index contributed by atoms with van der Waals surface area (Å²) in [4.78, 5) is 12.5. The maximum Gasteiger partial charge on any atom is 0.438 e. The quantitative estimate of drug-likeness (QED) is 0.729. The van der Waals surface area contributed by atoms with Crippen LogP contribution in [0.4, 0.5) is 17.6 Å². The first-order valence-electron chi connectivity index (χ1n) is 7.34. The monoisotopic (exact) mass is 430 g/mol. The third kappa shape index (κ3) is 3.24. The van der Waals surface area contributed by atoms with E-state index >= 15 is 0 Å². The normalized spacial score (nSPS) is 20.2. The van der Waals surface area contributed by atoms with Gasteiger partial charge in [-0.2, -0.15) is 23.3 Å². The highest BCUT2D eigenvalue weighted by atomic mass is 79.9. The molecule has 3 rings (SSSR count). The van der Waals surface area contributed by atoms with Gasteiger partial charge in [-0.1, -0.05) is 28.1 Å². The Kier molecular flexibility index (Phi) is 4.61. The van der Waals surface area contributed by atoms with Gasteiger partial charge in [0.1, 0.15) is 5.82 Å². The number of amides is 1. The van der Waals surface area contributed by atoms with Crippen LogP contribution in [0.5, 0.6) is 0 Å². The molecule has 9 heteroatoms. The Morgan fingerprint density at radius 1 is 1.19 bits per heavy atom. The van der Waals surface area contributed by atoms with Gasteiger partial charge in [0.2, 0.25) is 0 Å². The molecule has 2 aromatic rings. The molecule has 0 spiro atoms. The van der Waals surface area contributed by atoms with E-state index in [-0.39, 0.29) is 16.3 Å². The molecule has 0 fully saturated rings. The van der Waals surface area contributed by atoms with E-state index in [1.54, 1.807) is 12.1 Å². The first kappa shape index (κ1) is 18.5. The molecule has 0 aliphatic carbocycles. The number of benzene rings is 2. The lowest BCUT2D eigenvalue weighted by Crippen LogP contribution is -2.56. The van der Waals surface area contributed by atoms with Crippen molar-refractivity contribution in [2.24, 2.45) is 5.10 Å². The Morgan fingerprint density at radius 3 is 2.42 bits per heavy atom. The third-order valence-corrected chi connectivity index (χ3v) is 4.37. The maximum absolute atomic E-state index is 13.5. The van der Waals surface area contributed by atoms with Crippen LogP contribution in [-0.2, 0) is 0 Å². The molecule has 4 nitrogen and oxygen atoms in total. The summed E-state index contributed by atoms with van der Waals surface area (Å²) in [6.45, 7) is 0. The van der Waals surface area contributed by atoms with Gasteiger partial charge in [-0.05, 0) is 42.0 Å². The van der Waals surface area contributed by atoms with E-state index in [0.717, 1.165) is 24.3 Å². The Hall–Kier alpha value is -2.26. The number of alkyl halides is 3. The third-order valence-electron chi connectivity index (χ3n) is 3.88. The minimum absolute atomic E-state index is 0.0104. The van der Waals surface area contributed by atoms with Crippen LogP contribution in [0.3, 0.4) is 0 Å². The zero-order chi connectivity index (χ0) is 19.1. The highest BCUT2D eigenvalue weighted by Gasteiger charge is 2.63. The van der Waals surface area contributed by atoms with E-state index in [2.05, 4.69) is 21.0 Å². The second-order valence-corrected chi connectivity index (χ2v) is 6.59. The van der Waals surface area contributed by atoms with Crippen molar-refractivity contribution >= 4 is 27.5 Å². The Labute approximate surface area is 153 Å². The number of hydrogen-bond acceptors (Lipinski definition) is 3. The smallest absolute Gasteiger partial charge is 0.362 e. The molecular weight excluding hydrogens is 420 g/mol. The van der Waals surface area contributed by atoms with Gasteiger partial charge in [-0.25, -0.2) is 4.39 Å². The van der Waals surface area contributed by atoms with Crippen molar-refractivity contribution in [2.75, 3.05) is 0 Å². The Morgan fingerprint density at radius 2 is 1.85 bits per heavy atom. The molecular formula is C17H11BrF4N2O2. The van der Waals surface area contributed by atoms with Crippen LogP contribution in [0.2, 0.25) is 0 Å². The van der Waals surface area contributed by atoms with Crippen LogP contribution in [0.15, 0.2) is 58.1 Å². The maximum atomic E-state index is 13.5. The fourth-order valence-electron chi connectivity index (χ4n) is 2.52. The SMILES string of the molecule is O=C(c1ccc(F)cc1)N1N=C(c2cccc(Br)c2)C[C@]1(O)C(F)(F)F. The minimum atomic E-state index is -5.14. The molecule has 1 heterocycles. The van der Waals surface area contributed by atoms with Gasteiger partial charge in [0.25, 0.3) is 11.6 Å². The van der Waals surface area contributed by atoms with E-state index < -0.39 is 30.0 Å². The van der Waals surface area contributed by atoms with Gasteiger partial charge < -0.3 is 5.11 Å². The van der Waals surface area contributed by atoms with Crippen molar-refractivity contribution < 1.29 is 27.5 Å². The molecule has 1 aliphatic heterocycles. The van der Waals surface area contributed by atoms with Gasteiger partial charge in [0, 0.05) is 10.0 Å². The number of carbonyl (C=O) groups excluding carboxylic acids is 1. The molecule has 1 aliphatic rings. The Balaban J connectivity index is 2.05. The molecule has 1 atom stereocenters. The molecule has 0 saturated carbocycles.